The smallest absolute Gasteiger partial charge is 0.303 e. The van der Waals surface area contributed by atoms with Crippen molar-refractivity contribution in [2.45, 2.75) is 56.3 Å². The molecule has 6 atom stereocenters. The molecule has 0 heterocycles. The van der Waals surface area contributed by atoms with Crippen LogP contribution in [0.5, 0.6) is 0 Å². The molecule has 0 aliphatic heterocycles. The van der Waals surface area contributed by atoms with Crippen molar-refractivity contribution in [1.29, 1.82) is 0 Å². The van der Waals surface area contributed by atoms with Crippen LogP contribution >= 0.6 is 0 Å². The molecule has 132 valence electrons. The maximum atomic E-state index is 11.8. The fourth-order valence-corrected chi connectivity index (χ4v) is 6.02. The van der Waals surface area contributed by atoms with Crippen LogP contribution in [0.1, 0.15) is 50.7 Å². The molecule has 6 nitrogen and oxygen atoms in total. The Morgan fingerprint density at radius 2 is 2.12 bits per heavy atom. The van der Waals surface area contributed by atoms with Gasteiger partial charge in [-0.15, -0.1) is 0 Å². The van der Waals surface area contributed by atoms with Gasteiger partial charge in [0.05, 0.1) is 11.1 Å². The Labute approximate surface area is 146 Å². The predicted molar refractivity (Wildman–Crippen MR) is 91.3 cm³/mol. The van der Waals surface area contributed by atoms with Crippen LogP contribution in [-0.4, -0.2) is 22.2 Å². The van der Waals surface area contributed by atoms with Gasteiger partial charge in [-0.25, -0.2) is 0 Å². The van der Waals surface area contributed by atoms with Crippen molar-refractivity contribution in [3.05, 3.63) is 46.3 Å². The molecular formula is C19H23N3O3. The molecule has 5 rings (SSSR count). The number of carbonyl (C=O) groups excluding carboxylic acids is 1. The zero-order chi connectivity index (χ0) is 17.7. The molecule has 0 aromatic heterocycles. The van der Waals surface area contributed by atoms with Gasteiger partial charge in [-0.2, -0.15) is 0 Å². The predicted octanol–water partition coefficient (Wildman–Crippen LogP) is 3.91. The van der Waals surface area contributed by atoms with E-state index in [1.165, 1.54) is 6.92 Å². The minimum absolute atomic E-state index is 0.155. The van der Waals surface area contributed by atoms with Gasteiger partial charge in [0, 0.05) is 17.8 Å². The summed E-state index contributed by atoms with van der Waals surface area (Å²) in [7, 11) is 0. The van der Waals surface area contributed by atoms with E-state index >= 15 is 0 Å². The average molecular weight is 341 g/mol. The average Bonchev–Trinajstić information content (AvgIpc) is 2.52. The highest BCUT2D eigenvalue weighted by Gasteiger charge is 2.64. The minimum atomic E-state index is -0.950. The first-order valence-electron chi connectivity index (χ1n) is 8.95. The van der Waals surface area contributed by atoms with Crippen LogP contribution < -0.4 is 0 Å². The van der Waals surface area contributed by atoms with E-state index in [0.717, 1.165) is 24.8 Å². The van der Waals surface area contributed by atoms with E-state index in [2.05, 4.69) is 10.0 Å². The highest BCUT2D eigenvalue weighted by atomic mass is 16.5. The van der Waals surface area contributed by atoms with E-state index < -0.39 is 17.2 Å². The van der Waals surface area contributed by atoms with Crippen LogP contribution in [0, 0.1) is 17.8 Å². The molecule has 0 amide bonds. The number of ether oxygens (including phenoxy) is 1. The maximum Gasteiger partial charge on any atom is 0.303 e. The van der Waals surface area contributed by atoms with Crippen LogP contribution in [0.4, 0.5) is 0 Å². The molecule has 0 spiro atoms. The Morgan fingerprint density at radius 1 is 1.36 bits per heavy atom. The van der Waals surface area contributed by atoms with Crippen molar-refractivity contribution in [2.75, 3.05) is 0 Å². The molecule has 0 radical (unpaired) electrons. The number of hydrogen-bond acceptors (Lipinski definition) is 4. The summed E-state index contributed by atoms with van der Waals surface area (Å²) in [5.74, 6) is 0.0858. The van der Waals surface area contributed by atoms with Gasteiger partial charge in [-0.05, 0) is 55.0 Å². The summed E-state index contributed by atoms with van der Waals surface area (Å²) >= 11 is 0. The van der Waals surface area contributed by atoms with Gasteiger partial charge in [0.25, 0.3) is 0 Å². The third kappa shape index (κ3) is 2.70. The van der Waals surface area contributed by atoms with Gasteiger partial charge in [0.1, 0.15) is 6.10 Å². The van der Waals surface area contributed by atoms with E-state index in [9.17, 15) is 9.90 Å². The van der Waals surface area contributed by atoms with Gasteiger partial charge in [-0.1, -0.05) is 35.4 Å². The Balaban J connectivity index is 1.74. The normalized spacial score (nSPS) is 39.5. The first-order chi connectivity index (χ1) is 11.9. The second-order valence-corrected chi connectivity index (χ2v) is 8.13. The van der Waals surface area contributed by atoms with Crippen molar-refractivity contribution >= 4 is 5.97 Å². The first kappa shape index (κ1) is 16.4. The SMILES string of the molecule is CC(=O)O[C@@H](c1ccccc1)[C@@H]1[C@@H]2C[C@H]3C[C@@](N=[N+]=[N-])(C2)C[C@]1(O)C3. The summed E-state index contributed by atoms with van der Waals surface area (Å²) in [6.45, 7) is 1.41. The third-order valence-corrected chi connectivity index (χ3v) is 6.36. The van der Waals surface area contributed by atoms with Crippen LogP contribution in [0.25, 0.3) is 10.4 Å². The van der Waals surface area contributed by atoms with E-state index in [-0.39, 0.29) is 17.8 Å². The Kier molecular flexibility index (Phi) is 3.78. The molecule has 0 saturated heterocycles. The quantitative estimate of drug-likeness (QED) is 0.389. The van der Waals surface area contributed by atoms with Crippen LogP contribution in [0.3, 0.4) is 0 Å². The molecule has 1 aromatic carbocycles. The standard InChI is InChI=1S/C19H23N3O3/c1-12(23)25-17(14-5-3-2-4-6-14)16-15-7-13-8-18(10-15,21-22-20)11-19(16,24)9-13/h2-6,13,15-17,24H,7-11H2,1H3/t13-,15+,16-,17-,18+,19+/m0/s1. The summed E-state index contributed by atoms with van der Waals surface area (Å²) < 4.78 is 5.72. The van der Waals surface area contributed by atoms with Gasteiger partial charge < -0.3 is 9.84 Å². The maximum absolute atomic E-state index is 11.8. The largest absolute Gasteiger partial charge is 0.457 e. The lowest BCUT2D eigenvalue weighted by molar-refractivity contribution is -0.215. The lowest BCUT2D eigenvalue weighted by atomic mass is 9.46. The lowest BCUT2D eigenvalue weighted by Gasteiger charge is -2.63. The summed E-state index contributed by atoms with van der Waals surface area (Å²) in [6.07, 6.45) is 3.34. The highest BCUT2D eigenvalue weighted by molar-refractivity contribution is 5.66. The molecular weight excluding hydrogens is 318 g/mol. The van der Waals surface area contributed by atoms with Crippen molar-refractivity contribution in [3.8, 4) is 0 Å². The van der Waals surface area contributed by atoms with Gasteiger partial charge >= 0.3 is 5.97 Å². The molecule has 4 bridgehead atoms. The summed E-state index contributed by atoms with van der Waals surface area (Å²) in [5.41, 5.74) is 8.49. The molecule has 25 heavy (non-hydrogen) atoms. The van der Waals surface area contributed by atoms with E-state index in [1.807, 2.05) is 30.3 Å². The molecule has 1 N–H and O–H groups in total. The van der Waals surface area contributed by atoms with Gasteiger partial charge in [-0.3, -0.25) is 4.79 Å². The van der Waals surface area contributed by atoms with Gasteiger partial charge in [0.2, 0.25) is 0 Å². The van der Waals surface area contributed by atoms with Crippen molar-refractivity contribution in [3.63, 3.8) is 0 Å². The Morgan fingerprint density at radius 3 is 2.76 bits per heavy atom. The Hall–Kier alpha value is -2.04. The van der Waals surface area contributed by atoms with Crippen LogP contribution in [0.2, 0.25) is 0 Å². The first-order valence-corrected chi connectivity index (χ1v) is 8.95. The zero-order valence-electron chi connectivity index (χ0n) is 14.3. The molecule has 6 heteroatoms. The molecule has 0 unspecified atom stereocenters. The zero-order valence-corrected chi connectivity index (χ0v) is 14.3. The number of carbonyl (C=O) groups is 1. The number of rotatable bonds is 4. The second-order valence-electron chi connectivity index (χ2n) is 8.13. The number of hydrogen-bond donors (Lipinski definition) is 1. The number of esters is 1. The fourth-order valence-electron chi connectivity index (χ4n) is 6.02. The van der Waals surface area contributed by atoms with E-state index in [0.29, 0.717) is 18.8 Å². The molecule has 4 fully saturated rings. The van der Waals surface area contributed by atoms with Crippen LogP contribution in [-0.2, 0) is 9.53 Å². The van der Waals surface area contributed by atoms with E-state index in [1.54, 1.807) is 0 Å². The minimum Gasteiger partial charge on any atom is -0.457 e. The number of aliphatic hydroxyl groups is 1. The molecule has 4 aliphatic carbocycles. The second kappa shape index (κ2) is 5.75. The number of nitrogens with zero attached hydrogens (tertiary/aromatic N) is 3. The van der Waals surface area contributed by atoms with Crippen molar-refractivity contribution in [2.24, 2.45) is 22.9 Å². The summed E-state index contributed by atoms with van der Waals surface area (Å²) in [6, 6.07) is 9.67. The summed E-state index contributed by atoms with van der Waals surface area (Å²) in [4.78, 5) is 14.8. The fraction of sp³-hybridized carbons (Fsp3) is 0.632. The van der Waals surface area contributed by atoms with Crippen molar-refractivity contribution < 1.29 is 14.6 Å². The third-order valence-electron chi connectivity index (χ3n) is 6.36. The summed E-state index contributed by atoms with van der Waals surface area (Å²) in [5, 5.41) is 15.6. The highest BCUT2D eigenvalue weighted by Crippen LogP contribution is 2.64. The monoisotopic (exact) mass is 341 g/mol. The molecule has 4 aliphatic rings. The Bertz CT molecular complexity index is 733. The molecule has 1 aromatic rings. The number of azide groups is 1. The van der Waals surface area contributed by atoms with Gasteiger partial charge in [0.15, 0.2) is 0 Å². The topological polar surface area (TPSA) is 95.3 Å². The molecule has 4 saturated carbocycles. The van der Waals surface area contributed by atoms with Crippen molar-refractivity contribution in [1.82, 2.24) is 0 Å². The lowest BCUT2D eigenvalue weighted by Crippen LogP contribution is -2.64. The van der Waals surface area contributed by atoms with E-state index in [4.69, 9.17) is 10.3 Å². The number of benzene rings is 1. The van der Waals surface area contributed by atoms with Crippen LogP contribution in [0.15, 0.2) is 35.4 Å².